The lowest BCUT2D eigenvalue weighted by Crippen LogP contribution is -2.24. The van der Waals surface area contributed by atoms with Crippen molar-refractivity contribution in [2.75, 3.05) is 5.32 Å². The highest BCUT2D eigenvalue weighted by Crippen LogP contribution is 2.26. The lowest BCUT2D eigenvalue weighted by atomic mass is 10.2. The van der Waals surface area contributed by atoms with E-state index in [1.165, 1.54) is 22.1 Å². The molecule has 2 N–H and O–H groups in total. The van der Waals surface area contributed by atoms with Gasteiger partial charge in [-0.3, -0.25) is 14.5 Å². The molecule has 154 valence electrons. The maximum Gasteiger partial charge on any atom is 0.247 e. The third kappa shape index (κ3) is 3.71. The largest absolute Gasteiger partial charge is 0.324 e. The van der Waals surface area contributed by atoms with E-state index < -0.39 is 11.9 Å². The van der Waals surface area contributed by atoms with Crippen molar-refractivity contribution in [2.45, 2.75) is 26.8 Å². The van der Waals surface area contributed by atoms with Crippen molar-refractivity contribution in [1.29, 1.82) is 0 Å². The number of anilines is 1. The van der Waals surface area contributed by atoms with Gasteiger partial charge < -0.3 is 5.32 Å². The van der Waals surface area contributed by atoms with Gasteiger partial charge in [-0.05, 0) is 68.7 Å². The number of halogens is 1. The Morgan fingerprint density at radius 2 is 2.10 bits per heavy atom. The maximum absolute atomic E-state index is 14.7. The first kappa shape index (κ1) is 20.2. The SMILES string of the molecule is Cc1cc(C)n(-c2ccc(NC(=O)C(C)n3c(-c4cccs4)n[nH]c3=S)cc2F)n1. The Balaban J connectivity index is 1.58. The summed E-state index contributed by atoms with van der Waals surface area (Å²) in [6.45, 7) is 5.43. The minimum absolute atomic E-state index is 0.323. The lowest BCUT2D eigenvalue weighted by molar-refractivity contribution is -0.118. The van der Waals surface area contributed by atoms with Crippen molar-refractivity contribution >= 4 is 35.1 Å². The fraction of sp³-hybridized carbons (Fsp3) is 0.200. The van der Waals surface area contributed by atoms with Gasteiger partial charge in [0, 0.05) is 11.4 Å². The van der Waals surface area contributed by atoms with Crippen LogP contribution in [-0.2, 0) is 4.79 Å². The number of aryl methyl sites for hydroxylation is 2. The van der Waals surface area contributed by atoms with Crippen LogP contribution in [0.15, 0.2) is 41.8 Å². The molecule has 0 aliphatic carbocycles. The van der Waals surface area contributed by atoms with Gasteiger partial charge in [0.05, 0.1) is 10.6 Å². The number of hydrogen-bond donors (Lipinski definition) is 2. The monoisotopic (exact) mass is 442 g/mol. The minimum atomic E-state index is -0.646. The third-order valence-corrected chi connectivity index (χ3v) is 5.82. The molecule has 0 aliphatic heterocycles. The molecule has 4 rings (SSSR count). The summed E-state index contributed by atoms with van der Waals surface area (Å²) >= 11 is 6.81. The highest BCUT2D eigenvalue weighted by Gasteiger charge is 2.22. The van der Waals surface area contributed by atoms with Gasteiger partial charge in [-0.2, -0.15) is 10.2 Å². The van der Waals surface area contributed by atoms with Crippen LogP contribution >= 0.6 is 23.6 Å². The third-order valence-electron chi connectivity index (χ3n) is 4.67. The molecule has 0 spiro atoms. The Bertz CT molecular complexity index is 1270. The second-order valence-electron chi connectivity index (χ2n) is 6.87. The van der Waals surface area contributed by atoms with Gasteiger partial charge in [0.2, 0.25) is 5.91 Å². The summed E-state index contributed by atoms with van der Waals surface area (Å²) in [5.41, 5.74) is 2.30. The van der Waals surface area contributed by atoms with Crippen molar-refractivity contribution in [2.24, 2.45) is 0 Å². The van der Waals surface area contributed by atoms with Gasteiger partial charge in [0.1, 0.15) is 11.7 Å². The number of thiophene rings is 1. The Hall–Kier alpha value is -3.11. The number of amides is 1. The van der Waals surface area contributed by atoms with E-state index in [9.17, 15) is 9.18 Å². The summed E-state index contributed by atoms with van der Waals surface area (Å²) in [7, 11) is 0. The zero-order chi connectivity index (χ0) is 21.4. The van der Waals surface area contributed by atoms with Gasteiger partial charge in [-0.1, -0.05) is 6.07 Å². The standard InChI is InChI=1S/C20H19FN6OS2/c1-11-9-12(2)27(25-11)16-7-6-14(10-15(16)21)22-19(28)13(3)26-18(23-24-20(26)29)17-5-4-8-30-17/h4-10,13H,1-3H3,(H,22,28)(H,24,29). The van der Waals surface area contributed by atoms with E-state index in [-0.39, 0.29) is 5.91 Å². The highest BCUT2D eigenvalue weighted by molar-refractivity contribution is 7.71. The Labute approximate surface area is 181 Å². The first-order valence-corrected chi connectivity index (χ1v) is 10.5. The van der Waals surface area contributed by atoms with Crippen molar-refractivity contribution in [3.8, 4) is 16.4 Å². The zero-order valence-corrected chi connectivity index (χ0v) is 18.1. The summed E-state index contributed by atoms with van der Waals surface area (Å²) in [5.74, 6) is -0.224. The molecule has 10 heteroatoms. The Kier molecular flexibility index (Phi) is 5.35. The molecule has 0 fully saturated rings. The topological polar surface area (TPSA) is 80.5 Å². The normalized spacial score (nSPS) is 12.1. The van der Waals surface area contributed by atoms with Crippen LogP contribution in [0.4, 0.5) is 10.1 Å². The van der Waals surface area contributed by atoms with Crippen molar-refractivity contribution in [3.63, 3.8) is 0 Å². The van der Waals surface area contributed by atoms with Crippen LogP contribution in [-0.4, -0.2) is 30.5 Å². The van der Waals surface area contributed by atoms with Gasteiger partial charge >= 0.3 is 0 Å². The molecule has 4 aromatic rings. The van der Waals surface area contributed by atoms with E-state index >= 15 is 0 Å². The summed E-state index contributed by atoms with van der Waals surface area (Å²) in [6, 6.07) is 9.56. The van der Waals surface area contributed by atoms with Crippen LogP contribution < -0.4 is 5.32 Å². The molecule has 1 amide bonds. The molecule has 0 bridgehead atoms. The number of aromatic amines is 1. The Morgan fingerprint density at radius 1 is 1.30 bits per heavy atom. The van der Waals surface area contributed by atoms with Crippen LogP contribution in [0.2, 0.25) is 0 Å². The smallest absolute Gasteiger partial charge is 0.247 e. The molecule has 3 aromatic heterocycles. The molecule has 1 unspecified atom stereocenters. The van der Waals surface area contributed by atoms with Gasteiger partial charge in [-0.25, -0.2) is 9.07 Å². The molecule has 30 heavy (non-hydrogen) atoms. The van der Waals surface area contributed by atoms with Crippen molar-refractivity contribution in [1.82, 2.24) is 24.5 Å². The van der Waals surface area contributed by atoms with Crippen LogP contribution in [0.25, 0.3) is 16.4 Å². The fourth-order valence-electron chi connectivity index (χ4n) is 3.24. The molecule has 1 atom stereocenters. The maximum atomic E-state index is 14.7. The first-order chi connectivity index (χ1) is 14.3. The molecular weight excluding hydrogens is 423 g/mol. The number of benzene rings is 1. The average Bonchev–Trinajstić information content (AvgIpc) is 3.42. The fourth-order valence-corrected chi connectivity index (χ4v) is 4.24. The second-order valence-corrected chi connectivity index (χ2v) is 8.20. The van der Waals surface area contributed by atoms with Gasteiger partial charge in [0.15, 0.2) is 16.4 Å². The minimum Gasteiger partial charge on any atom is -0.324 e. The van der Waals surface area contributed by atoms with Gasteiger partial charge in [0.25, 0.3) is 0 Å². The van der Waals surface area contributed by atoms with E-state index in [2.05, 4.69) is 20.6 Å². The summed E-state index contributed by atoms with van der Waals surface area (Å²) in [6.07, 6.45) is 0. The Morgan fingerprint density at radius 3 is 2.73 bits per heavy atom. The number of carbonyl (C=O) groups is 1. The quantitative estimate of drug-likeness (QED) is 0.435. The average molecular weight is 443 g/mol. The molecule has 7 nitrogen and oxygen atoms in total. The predicted molar refractivity (Wildman–Crippen MR) is 117 cm³/mol. The summed E-state index contributed by atoms with van der Waals surface area (Å²) in [4.78, 5) is 13.7. The van der Waals surface area contributed by atoms with Crippen LogP contribution in [0.3, 0.4) is 0 Å². The molecule has 0 saturated carbocycles. The van der Waals surface area contributed by atoms with Crippen LogP contribution in [0, 0.1) is 24.4 Å². The van der Waals surface area contributed by atoms with E-state index in [0.29, 0.717) is 22.0 Å². The zero-order valence-electron chi connectivity index (χ0n) is 16.5. The predicted octanol–water partition coefficient (Wildman–Crippen LogP) is 4.81. The number of nitrogens with zero attached hydrogens (tertiary/aromatic N) is 4. The number of H-pyrrole nitrogens is 1. The lowest BCUT2D eigenvalue weighted by Gasteiger charge is -2.16. The number of nitrogens with one attached hydrogen (secondary N) is 2. The summed E-state index contributed by atoms with van der Waals surface area (Å²) < 4.78 is 18.2. The van der Waals surface area contributed by atoms with E-state index in [1.54, 1.807) is 23.6 Å². The van der Waals surface area contributed by atoms with E-state index in [4.69, 9.17) is 12.2 Å². The number of hydrogen-bond acceptors (Lipinski definition) is 5. The number of aromatic nitrogens is 5. The number of carbonyl (C=O) groups excluding carboxylic acids is 1. The molecule has 0 saturated heterocycles. The molecule has 3 heterocycles. The van der Waals surface area contributed by atoms with E-state index in [0.717, 1.165) is 16.3 Å². The molecule has 0 radical (unpaired) electrons. The number of rotatable bonds is 5. The van der Waals surface area contributed by atoms with E-state index in [1.807, 2.05) is 37.4 Å². The van der Waals surface area contributed by atoms with Crippen molar-refractivity contribution in [3.05, 3.63) is 63.8 Å². The van der Waals surface area contributed by atoms with Crippen LogP contribution in [0.1, 0.15) is 24.4 Å². The summed E-state index contributed by atoms with van der Waals surface area (Å²) in [5, 5.41) is 16.0. The second kappa shape index (κ2) is 7.96. The van der Waals surface area contributed by atoms with Crippen LogP contribution in [0.5, 0.6) is 0 Å². The van der Waals surface area contributed by atoms with Crippen molar-refractivity contribution < 1.29 is 9.18 Å². The first-order valence-electron chi connectivity index (χ1n) is 9.20. The van der Waals surface area contributed by atoms with Gasteiger partial charge in [-0.15, -0.1) is 11.3 Å². The molecule has 0 aliphatic rings. The molecular formula is C20H19FN6OS2. The highest BCUT2D eigenvalue weighted by atomic mass is 32.1. The molecule has 1 aromatic carbocycles.